The maximum absolute atomic E-state index is 12.9. The number of hydrogen-bond acceptors (Lipinski definition) is 6. The van der Waals surface area contributed by atoms with E-state index in [1.54, 1.807) is 0 Å². The first kappa shape index (κ1) is 22.4. The number of hydrogen-bond donors (Lipinski definition) is 0. The number of nitro benzene ring substituents is 2. The Morgan fingerprint density at radius 2 is 1.13 bits per heavy atom. The molecule has 162 valence electrons. The fourth-order valence-corrected chi connectivity index (χ4v) is 3.64. The molecule has 0 atom stereocenters. The van der Waals surface area contributed by atoms with E-state index in [4.69, 9.17) is 23.2 Å². The summed E-state index contributed by atoms with van der Waals surface area (Å²) >= 11 is 12.1. The molecule has 0 bridgehead atoms. The van der Waals surface area contributed by atoms with Crippen LogP contribution in [0.1, 0.15) is 27.1 Å². The van der Waals surface area contributed by atoms with Crippen molar-refractivity contribution in [1.82, 2.24) is 9.80 Å². The highest BCUT2D eigenvalue weighted by Gasteiger charge is 2.27. The van der Waals surface area contributed by atoms with Crippen molar-refractivity contribution in [2.45, 2.75) is 6.42 Å². The number of carbonyl (C=O) groups excluding carboxylic acids is 2. The van der Waals surface area contributed by atoms with Crippen LogP contribution in [0.5, 0.6) is 0 Å². The van der Waals surface area contributed by atoms with Crippen LogP contribution >= 0.6 is 23.2 Å². The van der Waals surface area contributed by atoms with Crippen LogP contribution in [0.25, 0.3) is 0 Å². The minimum absolute atomic E-state index is 0.0115. The lowest BCUT2D eigenvalue weighted by molar-refractivity contribution is -0.385. The molecule has 31 heavy (non-hydrogen) atoms. The summed E-state index contributed by atoms with van der Waals surface area (Å²) in [6, 6.07) is 7.27. The number of nitro groups is 2. The third-order valence-corrected chi connectivity index (χ3v) is 5.51. The standard InChI is InChI=1S/C19H16Cl2N4O6/c20-16-4-2-12(24(28)29)10-14(16)18(26)22-6-1-7-23(9-8-22)19(27)15-11-13(25(30)31)3-5-17(15)21/h2-5,10-11H,1,6-9H2. The normalized spacial score (nSPS) is 14.1. The molecule has 0 aliphatic carbocycles. The Morgan fingerprint density at radius 3 is 1.48 bits per heavy atom. The number of nitrogens with zero attached hydrogens (tertiary/aromatic N) is 4. The minimum Gasteiger partial charge on any atom is -0.337 e. The Balaban J connectivity index is 1.77. The van der Waals surface area contributed by atoms with E-state index >= 15 is 0 Å². The van der Waals surface area contributed by atoms with E-state index in [2.05, 4.69) is 0 Å². The predicted octanol–water partition coefficient (Wildman–Crippen LogP) is 3.80. The maximum atomic E-state index is 12.9. The Bertz CT molecular complexity index is 994. The number of non-ortho nitro benzene ring substituents is 2. The van der Waals surface area contributed by atoms with E-state index in [9.17, 15) is 29.8 Å². The van der Waals surface area contributed by atoms with Crippen molar-refractivity contribution in [3.05, 3.63) is 77.8 Å². The van der Waals surface area contributed by atoms with E-state index in [1.807, 2.05) is 0 Å². The molecule has 0 spiro atoms. The molecule has 10 nitrogen and oxygen atoms in total. The molecule has 1 saturated heterocycles. The largest absolute Gasteiger partial charge is 0.337 e. The summed E-state index contributed by atoms with van der Waals surface area (Å²) in [5, 5.41) is 22.2. The van der Waals surface area contributed by atoms with Crippen LogP contribution < -0.4 is 0 Å². The van der Waals surface area contributed by atoms with Crippen molar-refractivity contribution in [3.63, 3.8) is 0 Å². The van der Waals surface area contributed by atoms with Crippen LogP contribution in [-0.2, 0) is 0 Å². The zero-order valence-corrected chi connectivity index (χ0v) is 17.5. The molecule has 2 aromatic carbocycles. The number of rotatable bonds is 4. The van der Waals surface area contributed by atoms with Gasteiger partial charge in [0.05, 0.1) is 31.0 Å². The van der Waals surface area contributed by atoms with Crippen molar-refractivity contribution in [2.24, 2.45) is 0 Å². The molecular formula is C19H16Cl2N4O6. The van der Waals surface area contributed by atoms with Gasteiger partial charge in [0.25, 0.3) is 23.2 Å². The van der Waals surface area contributed by atoms with Crippen LogP contribution in [0.3, 0.4) is 0 Å². The summed E-state index contributed by atoms with van der Waals surface area (Å²) in [5.41, 5.74) is -0.478. The van der Waals surface area contributed by atoms with Gasteiger partial charge >= 0.3 is 0 Å². The van der Waals surface area contributed by atoms with E-state index < -0.39 is 21.7 Å². The lowest BCUT2D eigenvalue weighted by Crippen LogP contribution is -2.37. The summed E-state index contributed by atoms with van der Waals surface area (Å²) in [4.78, 5) is 49.5. The van der Waals surface area contributed by atoms with Gasteiger partial charge in [0.2, 0.25) is 0 Å². The fourth-order valence-electron chi connectivity index (χ4n) is 3.25. The third kappa shape index (κ3) is 4.92. The van der Waals surface area contributed by atoms with E-state index in [0.29, 0.717) is 19.5 Å². The molecule has 12 heteroatoms. The summed E-state index contributed by atoms with van der Waals surface area (Å²) in [6.45, 7) is 0.945. The van der Waals surface area contributed by atoms with Crippen molar-refractivity contribution < 1.29 is 19.4 Å². The summed E-state index contributed by atoms with van der Waals surface area (Å²) in [6.07, 6.45) is 0.441. The van der Waals surface area contributed by atoms with Crippen molar-refractivity contribution in [1.29, 1.82) is 0 Å². The first-order valence-corrected chi connectivity index (χ1v) is 9.91. The molecule has 2 aromatic rings. The fraction of sp³-hybridized carbons (Fsp3) is 0.263. The quantitative estimate of drug-likeness (QED) is 0.497. The molecule has 1 heterocycles. The molecule has 0 aromatic heterocycles. The first-order valence-electron chi connectivity index (χ1n) is 9.15. The van der Waals surface area contributed by atoms with E-state index in [-0.39, 0.29) is 45.6 Å². The lowest BCUT2D eigenvalue weighted by Gasteiger charge is -2.23. The van der Waals surface area contributed by atoms with Gasteiger partial charge in [-0.25, -0.2) is 0 Å². The summed E-state index contributed by atoms with van der Waals surface area (Å²) in [7, 11) is 0. The average molecular weight is 467 g/mol. The van der Waals surface area contributed by atoms with Crippen molar-refractivity contribution in [3.8, 4) is 0 Å². The number of halogens is 2. The zero-order chi connectivity index (χ0) is 22.7. The summed E-state index contributed by atoms with van der Waals surface area (Å²) < 4.78 is 0. The summed E-state index contributed by atoms with van der Waals surface area (Å²) in [5.74, 6) is -0.951. The highest BCUT2D eigenvalue weighted by molar-refractivity contribution is 6.34. The molecule has 0 N–H and O–H groups in total. The minimum atomic E-state index is -0.612. The van der Waals surface area contributed by atoms with Gasteiger partial charge < -0.3 is 9.80 Å². The first-order chi connectivity index (χ1) is 14.7. The van der Waals surface area contributed by atoms with Gasteiger partial charge in [-0.05, 0) is 18.6 Å². The zero-order valence-electron chi connectivity index (χ0n) is 16.0. The van der Waals surface area contributed by atoms with Gasteiger partial charge in [0, 0.05) is 50.4 Å². The smallest absolute Gasteiger partial charge is 0.270 e. The lowest BCUT2D eigenvalue weighted by atomic mass is 10.1. The molecule has 3 rings (SSSR count). The van der Waals surface area contributed by atoms with E-state index in [0.717, 1.165) is 12.1 Å². The Morgan fingerprint density at radius 1 is 0.742 bits per heavy atom. The Hall–Kier alpha value is -3.24. The number of carbonyl (C=O) groups is 2. The molecule has 2 amide bonds. The second kappa shape index (κ2) is 9.27. The SMILES string of the molecule is O=C(c1cc([N+](=O)[O-])ccc1Cl)N1CCCN(C(=O)c2cc([N+](=O)[O-])ccc2Cl)CC1. The van der Waals surface area contributed by atoms with Gasteiger partial charge in [-0.3, -0.25) is 29.8 Å². The Kier molecular flexibility index (Phi) is 6.71. The monoisotopic (exact) mass is 466 g/mol. The van der Waals surface area contributed by atoms with Crippen LogP contribution in [-0.4, -0.2) is 57.6 Å². The van der Waals surface area contributed by atoms with Crippen LogP contribution in [0.15, 0.2) is 36.4 Å². The van der Waals surface area contributed by atoms with E-state index in [1.165, 1.54) is 34.1 Å². The molecule has 1 aliphatic rings. The molecule has 0 radical (unpaired) electrons. The van der Waals surface area contributed by atoms with Crippen LogP contribution in [0.2, 0.25) is 10.0 Å². The van der Waals surface area contributed by atoms with Gasteiger partial charge in [0.1, 0.15) is 0 Å². The molecule has 1 fully saturated rings. The topological polar surface area (TPSA) is 127 Å². The number of benzene rings is 2. The Labute approximate surface area is 186 Å². The second-order valence-electron chi connectivity index (χ2n) is 6.78. The van der Waals surface area contributed by atoms with Gasteiger partial charge in [-0.15, -0.1) is 0 Å². The van der Waals surface area contributed by atoms with Crippen molar-refractivity contribution in [2.75, 3.05) is 26.2 Å². The predicted molar refractivity (Wildman–Crippen MR) is 113 cm³/mol. The van der Waals surface area contributed by atoms with Crippen LogP contribution in [0.4, 0.5) is 11.4 Å². The number of amides is 2. The molecule has 1 aliphatic heterocycles. The van der Waals surface area contributed by atoms with Gasteiger partial charge in [-0.1, -0.05) is 23.2 Å². The second-order valence-corrected chi connectivity index (χ2v) is 7.59. The molecular weight excluding hydrogens is 451 g/mol. The molecule has 0 saturated carbocycles. The highest BCUT2D eigenvalue weighted by Crippen LogP contribution is 2.26. The highest BCUT2D eigenvalue weighted by atomic mass is 35.5. The van der Waals surface area contributed by atoms with Gasteiger partial charge in [-0.2, -0.15) is 0 Å². The van der Waals surface area contributed by atoms with Crippen molar-refractivity contribution >= 4 is 46.4 Å². The van der Waals surface area contributed by atoms with Crippen LogP contribution in [0, 0.1) is 20.2 Å². The maximum Gasteiger partial charge on any atom is 0.270 e. The average Bonchev–Trinajstić information content (AvgIpc) is 2.99. The third-order valence-electron chi connectivity index (χ3n) is 4.85. The molecule has 0 unspecified atom stereocenters. The van der Waals surface area contributed by atoms with Gasteiger partial charge in [0.15, 0.2) is 0 Å².